The Bertz CT molecular complexity index is 464. The molecule has 0 amide bonds. The third kappa shape index (κ3) is 4.15. The SMILES string of the molecule is C=Cc1ccc(COCC2CO2)cc1COCC1CO1. The van der Waals surface area contributed by atoms with Gasteiger partial charge in [0.15, 0.2) is 0 Å². The molecule has 2 aliphatic heterocycles. The lowest BCUT2D eigenvalue weighted by Gasteiger charge is -2.10. The van der Waals surface area contributed by atoms with Crippen molar-refractivity contribution in [1.82, 2.24) is 0 Å². The minimum absolute atomic E-state index is 0.298. The van der Waals surface area contributed by atoms with Gasteiger partial charge in [-0.05, 0) is 16.7 Å². The van der Waals surface area contributed by atoms with Gasteiger partial charge in [0, 0.05) is 0 Å². The first kappa shape index (κ1) is 13.8. The zero-order valence-corrected chi connectivity index (χ0v) is 11.5. The van der Waals surface area contributed by atoms with Gasteiger partial charge in [0.25, 0.3) is 0 Å². The first-order chi connectivity index (χ1) is 9.85. The van der Waals surface area contributed by atoms with Crippen LogP contribution < -0.4 is 0 Å². The normalized spacial score (nSPS) is 23.6. The summed E-state index contributed by atoms with van der Waals surface area (Å²) in [5, 5.41) is 0. The number of hydrogen-bond donors (Lipinski definition) is 0. The Morgan fingerprint density at radius 1 is 1.10 bits per heavy atom. The molecule has 0 radical (unpaired) electrons. The molecule has 20 heavy (non-hydrogen) atoms. The van der Waals surface area contributed by atoms with Crippen LogP contribution in [0.2, 0.25) is 0 Å². The summed E-state index contributed by atoms with van der Waals surface area (Å²) in [6.45, 7) is 8.03. The fourth-order valence-corrected chi connectivity index (χ4v) is 2.01. The molecule has 2 fully saturated rings. The van der Waals surface area contributed by atoms with Gasteiger partial charge in [0.1, 0.15) is 12.2 Å². The Morgan fingerprint density at radius 3 is 2.35 bits per heavy atom. The smallest absolute Gasteiger partial charge is 0.104 e. The summed E-state index contributed by atoms with van der Waals surface area (Å²) in [6, 6.07) is 6.25. The van der Waals surface area contributed by atoms with Crippen LogP contribution >= 0.6 is 0 Å². The van der Waals surface area contributed by atoms with Gasteiger partial charge in [-0.25, -0.2) is 0 Å². The van der Waals surface area contributed by atoms with Gasteiger partial charge in [-0.1, -0.05) is 30.9 Å². The Labute approximate surface area is 119 Å². The summed E-state index contributed by atoms with van der Waals surface area (Å²) in [5.41, 5.74) is 3.40. The van der Waals surface area contributed by atoms with Crippen LogP contribution in [0.1, 0.15) is 16.7 Å². The molecule has 0 spiro atoms. The molecular formula is C16H20O4. The van der Waals surface area contributed by atoms with Crippen molar-refractivity contribution in [3.63, 3.8) is 0 Å². The minimum atomic E-state index is 0.298. The third-order valence-corrected chi connectivity index (χ3v) is 3.37. The topological polar surface area (TPSA) is 43.5 Å². The molecule has 0 aromatic heterocycles. The van der Waals surface area contributed by atoms with E-state index in [9.17, 15) is 0 Å². The van der Waals surface area contributed by atoms with E-state index in [1.807, 2.05) is 6.08 Å². The van der Waals surface area contributed by atoms with E-state index in [1.54, 1.807) is 0 Å². The van der Waals surface area contributed by atoms with Crippen molar-refractivity contribution >= 4 is 6.08 Å². The first-order valence-electron chi connectivity index (χ1n) is 6.98. The highest BCUT2D eigenvalue weighted by molar-refractivity contribution is 5.52. The fourth-order valence-electron chi connectivity index (χ4n) is 2.01. The van der Waals surface area contributed by atoms with Crippen molar-refractivity contribution in [2.24, 2.45) is 0 Å². The maximum absolute atomic E-state index is 5.66. The van der Waals surface area contributed by atoms with Gasteiger partial charge in [0.05, 0.1) is 39.6 Å². The van der Waals surface area contributed by atoms with Crippen LogP contribution in [0.4, 0.5) is 0 Å². The summed E-state index contributed by atoms with van der Waals surface area (Å²) in [6.07, 6.45) is 2.46. The first-order valence-corrected chi connectivity index (χ1v) is 6.98. The Kier molecular flexibility index (Phi) is 4.47. The molecule has 0 saturated carbocycles. The minimum Gasteiger partial charge on any atom is -0.374 e. The summed E-state index contributed by atoms with van der Waals surface area (Å²) >= 11 is 0. The highest BCUT2D eigenvalue weighted by atomic mass is 16.6. The summed E-state index contributed by atoms with van der Waals surface area (Å²) in [4.78, 5) is 0. The Hall–Kier alpha value is -1.20. The average Bonchev–Trinajstić information content (AvgIpc) is 3.34. The van der Waals surface area contributed by atoms with Crippen molar-refractivity contribution in [3.8, 4) is 0 Å². The molecule has 2 atom stereocenters. The number of rotatable bonds is 9. The van der Waals surface area contributed by atoms with Crippen LogP contribution in [0.3, 0.4) is 0 Å². The molecule has 1 aromatic rings. The van der Waals surface area contributed by atoms with Crippen LogP contribution in [-0.4, -0.2) is 38.6 Å². The summed E-state index contributed by atoms with van der Waals surface area (Å²) < 4.78 is 21.5. The molecule has 1 aromatic carbocycles. The zero-order chi connectivity index (χ0) is 13.8. The molecule has 108 valence electrons. The van der Waals surface area contributed by atoms with Gasteiger partial charge < -0.3 is 18.9 Å². The number of ether oxygens (including phenoxy) is 4. The van der Waals surface area contributed by atoms with E-state index in [4.69, 9.17) is 18.9 Å². The maximum Gasteiger partial charge on any atom is 0.104 e. The van der Waals surface area contributed by atoms with Crippen LogP contribution in [0, 0.1) is 0 Å². The van der Waals surface area contributed by atoms with Crippen molar-refractivity contribution in [2.45, 2.75) is 25.4 Å². The largest absolute Gasteiger partial charge is 0.374 e. The van der Waals surface area contributed by atoms with Crippen LogP contribution in [0.15, 0.2) is 24.8 Å². The van der Waals surface area contributed by atoms with Crippen molar-refractivity contribution in [1.29, 1.82) is 0 Å². The maximum atomic E-state index is 5.66. The second-order valence-corrected chi connectivity index (χ2v) is 5.18. The lowest BCUT2D eigenvalue weighted by atomic mass is 10.0. The number of hydrogen-bond acceptors (Lipinski definition) is 4. The Morgan fingerprint density at radius 2 is 1.75 bits per heavy atom. The molecule has 0 N–H and O–H groups in total. The predicted molar refractivity (Wildman–Crippen MR) is 75.3 cm³/mol. The van der Waals surface area contributed by atoms with Crippen LogP contribution in [-0.2, 0) is 32.2 Å². The summed E-state index contributed by atoms with van der Waals surface area (Å²) in [5.74, 6) is 0. The van der Waals surface area contributed by atoms with E-state index in [0.717, 1.165) is 29.9 Å². The van der Waals surface area contributed by atoms with E-state index in [-0.39, 0.29) is 0 Å². The monoisotopic (exact) mass is 276 g/mol. The Balaban J connectivity index is 1.53. The van der Waals surface area contributed by atoms with E-state index in [0.29, 0.717) is 38.6 Å². The van der Waals surface area contributed by atoms with Crippen LogP contribution in [0.25, 0.3) is 6.08 Å². The third-order valence-electron chi connectivity index (χ3n) is 3.37. The zero-order valence-electron chi connectivity index (χ0n) is 11.5. The lowest BCUT2D eigenvalue weighted by molar-refractivity contribution is 0.100. The molecule has 2 heterocycles. The van der Waals surface area contributed by atoms with Gasteiger partial charge >= 0.3 is 0 Å². The van der Waals surface area contributed by atoms with E-state index in [2.05, 4.69) is 24.8 Å². The second-order valence-electron chi connectivity index (χ2n) is 5.18. The molecule has 0 aliphatic carbocycles. The molecule has 0 bridgehead atoms. The average molecular weight is 276 g/mol. The quantitative estimate of drug-likeness (QED) is 0.648. The molecule has 2 aliphatic rings. The fraction of sp³-hybridized carbons (Fsp3) is 0.500. The van der Waals surface area contributed by atoms with Gasteiger partial charge in [0.2, 0.25) is 0 Å². The highest BCUT2D eigenvalue weighted by Gasteiger charge is 2.23. The number of epoxide rings is 2. The van der Waals surface area contributed by atoms with E-state index >= 15 is 0 Å². The standard InChI is InChI=1S/C16H20O4/c1-2-13-4-3-12(6-17-8-15-10-19-15)5-14(13)7-18-9-16-11-20-16/h2-5,15-16H,1,6-11H2. The lowest BCUT2D eigenvalue weighted by Crippen LogP contribution is -2.04. The molecule has 4 heteroatoms. The second kappa shape index (κ2) is 6.50. The molecule has 4 nitrogen and oxygen atoms in total. The van der Waals surface area contributed by atoms with E-state index in [1.165, 1.54) is 0 Å². The molecule has 2 unspecified atom stereocenters. The van der Waals surface area contributed by atoms with E-state index < -0.39 is 0 Å². The highest BCUT2D eigenvalue weighted by Crippen LogP contribution is 2.18. The number of benzene rings is 1. The van der Waals surface area contributed by atoms with Gasteiger partial charge in [-0.3, -0.25) is 0 Å². The predicted octanol–water partition coefficient (Wildman–Crippen LogP) is 2.16. The van der Waals surface area contributed by atoms with Crippen molar-refractivity contribution < 1.29 is 18.9 Å². The molecule has 2 saturated heterocycles. The van der Waals surface area contributed by atoms with Gasteiger partial charge in [-0.15, -0.1) is 0 Å². The van der Waals surface area contributed by atoms with Crippen LogP contribution in [0.5, 0.6) is 0 Å². The van der Waals surface area contributed by atoms with Crippen molar-refractivity contribution in [3.05, 3.63) is 41.5 Å². The molecule has 3 rings (SSSR count). The van der Waals surface area contributed by atoms with Gasteiger partial charge in [-0.2, -0.15) is 0 Å². The summed E-state index contributed by atoms with van der Waals surface area (Å²) in [7, 11) is 0. The molecular weight excluding hydrogens is 256 g/mol. The van der Waals surface area contributed by atoms with Crippen molar-refractivity contribution in [2.75, 3.05) is 26.4 Å².